The van der Waals surface area contributed by atoms with Crippen LogP contribution in [0, 0.1) is 0 Å². The van der Waals surface area contributed by atoms with E-state index in [-0.39, 0.29) is 11.8 Å². The lowest BCUT2D eigenvalue weighted by Crippen LogP contribution is -2.25. The molecule has 4 aromatic carbocycles. The first kappa shape index (κ1) is 24.4. The highest BCUT2D eigenvalue weighted by atomic mass is 16.5. The summed E-state index contributed by atoms with van der Waals surface area (Å²) < 4.78 is 6.00. The average molecular weight is 489 g/mol. The van der Waals surface area contributed by atoms with Crippen LogP contribution in [0.5, 0.6) is 5.75 Å². The number of aromatic amines is 1. The smallest absolute Gasteiger partial charge is 0.221 e. The van der Waals surface area contributed by atoms with Gasteiger partial charge in [-0.2, -0.15) is 0 Å². The third kappa shape index (κ3) is 5.92. The maximum absolute atomic E-state index is 13.1. The fourth-order valence-electron chi connectivity index (χ4n) is 4.82. The number of hydrogen-bond donors (Lipinski definition) is 2. The van der Waals surface area contributed by atoms with Crippen molar-refractivity contribution in [3.63, 3.8) is 0 Å². The van der Waals surface area contributed by atoms with Crippen LogP contribution in [0.2, 0.25) is 0 Å². The molecule has 0 aliphatic rings. The topological polar surface area (TPSA) is 54.1 Å². The van der Waals surface area contributed by atoms with Crippen LogP contribution in [-0.4, -0.2) is 10.9 Å². The van der Waals surface area contributed by atoms with Crippen LogP contribution in [0.3, 0.4) is 0 Å². The highest BCUT2D eigenvalue weighted by Crippen LogP contribution is 2.35. The maximum Gasteiger partial charge on any atom is 0.221 e. The summed E-state index contributed by atoms with van der Waals surface area (Å²) in [6, 6.07) is 34.7. The molecule has 4 heteroatoms. The molecule has 1 heterocycles. The number of para-hydroxylation sites is 1. The predicted octanol–water partition coefficient (Wildman–Crippen LogP) is 7.15. The number of aryl methyl sites for hydroxylation is 1. The minimum Gasteiger partial charge on any atom is -0.489 e. The summed E-state index contributed by atoms with van der Waals surface area (Å²) in [7, 11) is 0. The molecule has 186 valence electrons. The molecule has 0 aliphatic heterocycles. The lowest BCUT2D eigenvalue weighted by molar-refractivity contribution is -0.121. The van der Waals surface area contributed by atoms with Crippen molar-refractivity contribution in [1.82, 2.24) is 10.3 Å². The van der Waals surface area contributed by atoms with Crippen molar-refractivity contribution in [2.45, 2.75) is 38.8 Å². The van der Waals surface area contributed by atoms with E-state index in [9.17, 15) is 4.79 Å². The van der Waals surface area contributed by atoms with Gasteiger partial charge in [0.15, 0.2) is 0 Å². The second-order valence-corrected chi connectivity index (χ2v) is 9.30. The molecule has 0 saturated carbocycles. The summed E-state index contributed by atoms with van der Waals surface area (Å²) in [6.45, 7) is 3.21. The van der Waals surface area contributed by atoms with Gasteiger partial charge in [-0.25, -0.2) is 0 Å². The third-order valence-corrected chi connectivity index (χ3v) is 6.84. The zero-order chi connectivity index (χ0) is 25.5. The summed E-state index contributed by atoms with van der Waals surface area (Å²) in [4.78, 5) is 16.6. The Balaban J connectivity index is 1.38. The summed E-state index contributed by atoms with van der Waals surface area (Å²) in [5.41, 5.74) is 6.87. The molecule has 0 radical (unpaired) electrons. The largest absolute Gasteiger partial charge is 0.489 e. The first-order valence-electron chi connectivity index (χ1n) is 12.9. The van der Waals surface area contributed by atoms with E-state index >= 15 is 0 Å². The summed E-state index contributed by atoms with van der Waals surface area (Å²) in [5.74, 6) is 0.756. The van der Waals surface area contributed by atoms with Crippen molar-refractivity contribution < 1.29 is 9.53 Å². The first-order valence-corrected chi connectivity index (χ1v) is 12.9. The minimum absolute atomic E-state index is 0.0271. The maximum atomic E-state index is 13.1. The molecular weight excluding hydrogens is 456 g/mol. The Morgan fingerprint density at radius 2 is 1.54 bits per heavy atom. The Morgan fingerprint density at radius 3 is 2.24 bits per heavy atom. The number of carbonyl (C=O) groups excluding carboxylic acids is 1. The SMILES string of the molecule is CCc1cccc2c([C@H](CC(=O)NCc3ccccc3)c3ccc(OCc4ccccc4)cc3)c[nH]c12. The number of nitrogens with one attached hydrogen (secondary N) is 2. The lowest BCUT2D eigenvalue weighted by Gasteiger charge is -2.18. The molecule has 1 atom stereocenters. The molecular formula is C33H32N2O2. The van der Waals surface area contributed by atoms with Gasteiger partial charge in [0.2, 0.25) is 5.91 Å². The van der Waals surface area contributed by atoms with Gasteiger partial charge in [0.25, 0.3) is 0 Å². The fraction of sp³-hybridized carbons (Fsp3) is 0.182. The predicted molar refractivity (Wildman–Crippen MR) is 150 cm³/mol. The molecule has 37 heavy (non-hydrogen) atoms. The van der Waals surface area contributed by atoms with Gasteiger partial charge in [0.05, 0.1) is 0 Å². The van der Waals surface area contributed by atoms with E-state index in [1.54, 1.807) is 0 Å². The molecule has 4 nitrogen and oxygen atoms in total. The average Bonchev–Trinajstić information content (AvgIpc) is 3.39. The minimum atomic E-state index is -0.0835. The van der Waals surface area contributed by atoms with Crippen molar-refractivity contribution in [3.05, 3.63) is 137 Å². The third-order valence-electron chi connectivity index (χ3n) is 6.84. The number of aromatic nitrogens is 1. The quantitative estimate of drug-likeness (QED) is 0.219. The van der Waals surface area contributed by atoms with E-state index in [1.807, 2.05) is 60.7 Å². The summed E-state index contributed by atoms with van der Waals surface area (Å²) in [5, 5.41) is 4.28. The van der Waals surface area contributed by atoms with E-state index in [2.05, 4.69) is 65.9 Å². The standard InChI is InChI=1S/C33H32N2O2/c1-2-26-14-9-15-29-31(22-35-33(26)29)30(20-32(36)34-21-24-10-5-3-6-11-24)27-16-18-28(19-17-27)37-23-25-12-7-4-8-13-25/h3-19,22,30,35H,2,20-21,23H2,1H3,(H,34,36)/t30-/m1/s1. The van der Waals surface area contributed by atoms with Gasteiger partial charge >= 0.3 is 0 Å². The number of amides is 1. The van der Waals surface area contributed by atoms with Gasteiger partial charge < -0.3 is 15.0 Å². The zero-order valence-electron chi connectivity index (χ0n) is 21.1. The van der Waals surface area contributed by atoms with Crippen molar-refractivity contribution >= 4 is 16.8 Å². The van der Waals surface area contributed by atoms with Crippen molar-refractivity contribution in [3.8, 4) is 5.75 Å². The molecule has 1 amide bonds. The Kier molecular flexibility index (Phi) is 7.66. The van der Waals surface area contributed by atoms with E-state index in [0.717, 1.165) is 39.9 Å². The van der Waals surface area contributed by atoms with Crippen LogP contribution in [0.25, 0.3) is 10.9 Å². The molecule has 0 fully saturated rings. The zero-order valence-corrected chi connectivity index (χ0v) is 21.1. The molecule has 0 aliphatic carbocycles. The number of fused-ring (bicyclic) bond motifs is 1. The Labute approximate surface area is 218 Å². The van der Waals surface area contributed by atoms with Gasteiger partial charge in [-0.05, 0) is 46.4 Å². The van der Waals surface area contributed by atoms with E-state index in [4.69, 9.17) is 4.74 Å². The number of carbonyl (C=O) groups is 1. The van der Waals surface area contributed by atoms with Crippen molar-refractivity contribution in [2.75, 3.05) is 0 Å². The van der Waals surface area contributed by atoms with Gasteiger partial charge in [-0.15, -0.1) is 0 Å². The molecule has 0 bridgehead atoms. The van der Waals surface area contributed by atoms with Crippen molar-refractivity contribution in [2.24, 2.45) is 0 Å². The van der Waals surface area contributed by atoms with Crippen LogP contribution in [-0.2, 0) is 24.4 Å². The molecule has 1 aromatic heterocycles. The van der Waals surface area contributed by atoms with Crippen LogP contribution >= 0.6 is 0 Å². The van der Waals surface area contributed by atoms with Crippen LogP contribution in [0.15, 0.2) is 109 Å². The molecule has 5 rings (SSSR count). The van der Waals surface area contributed by atoms with Crippen LogP contribution < -0.4 is 10.1 Å². The molecule has 5 aromatic rings. The fourth-order valence-corrected chi connectivity index (χ4v) is 4.82. The summed E-state index contributed by atoms with van der Waals surface area (Å²) >= 11 is 0. The Morgan fingerprint density at radius 1 is 0.838 bits per heavy atom. The van der Waals surface area contributed by atoms with Gasteiger partial charge in [-0.3, -0.25) is 4.79 Å². The van der Waals surface area contributed by atoms with Gasteiger partial charge in [0, 0.05) is 36.0 Å². The molecule has 0 spiro atoms. The highest BCUT2D eigenvalue weighted by molar-refractivity contribution is 5.88. The monoisotopic (exact) mass is 488 g/mol. The van der Waals surface area contributed by atoms with Gasteiger partial charge in [-0.1, -0.05) is 97.9 Å². The number of H-pyrrole nitrogens is 1. The molecule has 0 saturated heterocycles. The number of benzene rings is 4. The number of hydrogen-bond acceptors (Lipinski definition) is 2. The summed E-state index contributed by atoms with van der Waals surface area (Å²) in [6.07, 6.45) is 3.38. The number of ether oxygens (including phenoxy) is 1. The Bertz CT molecular complexity index is 1440. The second-order valence-electron chi connectivity index (χ2n) is 9.30. The lowest BCUT2D eigenvalue weighted by atomic mass is 9.87. The normalized spacial score (nSPS) is 11.8. The second kappa shape index (κ2) is 11.6. The highest BCUT2D eigenvalue weighted by Gasteiger charge is 2.22. The van der Waals surface area contributed by atoms with E-state index in [0.29, 0.717) is 19.6 Å². The van der Waals surface area contributed by atoms with Crippen LogP contribution in [0.1, 0.15) is 47.1 Å². The Hall–Kier alpha value is -4.31. The van der Waals surface area contributed by atoms with E-state index < -0.39 is 0 Å². The molecule has 2 N–H and O–H groups in total. The van der Waals surface area contributed by atoms with E-state index in [1.165, 1.54) is 10.9 Å². The van der Waals surface area contributed by atoms with Gasteiger partial charge in [0.1, 0.15) is 12.4 Å². The van der Waals surface area contributed by atoms with Crippen molar-refractivity contribution in [1.29, 1.82) is 0 Å². The first-order chi connectivity index (χ1) is 18.2. The number of rotatable bonds is 10. The van der Waals surface area contributed by atoms with Crippen LogP contribution in [0.4, 0.5) is 0 Å². The molecule has 0 unspecified atom stereocenters.